The van der Waals surface area contributed by atoms with Crippen molar-refractivity contribution in [2.24, 2.45) is 0 Å². The van der Waals surface area contributed by atoms with Crippen molar-refractivity contribution in [1.82, 2.24) is 15.5 Å². The van der Waals surface area contributed by atoms with E-state index in [1.54, 1.807) is 14.0 Å². The molecule has 6 heteroatoms. The predicted molar refractivity (Wildman–Crippen MR) is 71.6 cm³/mol. The van der Waals surface area contributed by atoms with E-state index in [0.29, 0.717) is 26.2 Å². The minimum atomic E-state index is -0.834. The molecule has 0 aromatic rings. The van der Waals surface area contributed by atoms with Crippen LogP contribution in [0, 0.1) is 0 Å². The first kappa shape index (κ1) is 17.3. The van der Waals surface area contributed by atoms with Gasteiger partial charge in [-0.05, 0) is 27.4 Å². The van der Waals surface area contributed by atoms with Gasteiger partial charge >= 0.3 is 0 Å². The summed E-state index contributed by atoms with van der Waals surface area (Å²) in [5.74, 6) is -0.0632. The molecule has 1 atom stereocenters. The maximum atomic E-state index is 11.4. The standard InChI is InChI=1S/C12H27N3O3/c1-12(17,10-15(2)3)9-13-8-11(16)14-6-5-7-18-4/h13,17H,5-10H2,1-4H3,(H,14,16). The zero-order chi connectivity index (χ0) is 14.0. The molecule has 0 aromatic carbocycles. The maximum Gasteiger partial charge on any atom is 0.233 e. The summed E-state index contributed by atoms with van der Waals surface area (Å²) in [6, 6.07) is 0. The number of nitrogens with one attached hydrogen (secondary N) is 2. The highest BCUT2D eigenvalue weighted by molar-refractivity contribution is 5.77. The molecule has 3 N–H and O–H groups in total. The van der Waals surface area contributed by atoms with Gasteiger partial charge in [-0.25, -0.2) is 0 Å². The maximum absolute atomic E-state index is 11.4. The number of hydrogen-bond acceptors (Lipinski definition) is 5. The second-order valence-corrected chi connectivity index (χ2v) is 5.03. The number of carbonyl (C=O) groups excluding carboxylic acids is 1. The average Bonchev–Trinajstić information content (AvgIpc) is 2.22. The molecule has 6 nitrogen and oxygen atoms in total. The Balaban J connectivity index is 3.61. The van der Waals surface area contributed by atoms with Crippen LogP contribution in [-0.4, -0.2) is 75.5 Å². The fourth-order valence-electron chi connectivity index (χ4n) is 1.69. The van der Waals surface area contributed by atoms with Gasteiger partial charge in [0.15, 0.2) is 0 Å². The summed E-state index contributed by atoms with van der Waals surface area (Å²) in [6.45, 7) is 4.16. The second kappa shape index (κ2) is 9.27. The van der Waals surface area contributed by atoms with Gasteiger partial charge in [0, 0.05) is 33.4 Å². The third-order valence-corrected chi connectivity index (χ3v) is 2.30. The first-order valence-corrected chi connectivity index (χ1v) is 6.21. The number of hydrogen-bond donors (Lipinski definition) is 3. The van der Waals surface area contributed by atoms with Gasteiger partial charge in [0.1, 0.15) is 0 Å². The van der Waals surface area contributed by atoms with E-state index in [4.69, 9.17) is 4.74 Å². The molecule has 108 valence electrons. The van der Waals surface area contributed by atoms with Gasteiger partial charge in [0.2, 0.25) is 5.91 Å². The normalized spacial score (nSPS) is 14.6. The van der Waals surface area contributed by atoms with Gasteiger partial charge in [-0.15, -0.1) is 0 Å². The Labute approximate surface area is 110 Å². The molecular formula is C12H27N3O3. The van der Waals surface area contributed by atoms with Crippen molar-refractivity contribution in [2.75, 3.05) is 54.0 Å². The number of nitrogens with zero attached hydrogens (tertiary/aromatic N) is 1. The fourth-order valence-corrected chi connectivity index (χ4v) is 1.69. The number of carbonyl (C=O) groups is 1. The van der Waals surface area contributed by atoms with Gasteiger partial charge in [0.25, 0.3) is 0 Å². The van der Waals surface area contributed by atoms with Crippen LogP contribution in [-0.2, 0) is 9.53 Å². The van der Waals surface area contributed by atoms with Crippen molar-refractivity contribution >= 4 is 5.91 Å². The van der Waals surface area contributed by atoms with E-state index in [0.717, 1.165) is 6.42 Å². The highest BCUT2D eigenvalue weighted by Crippen LogP contribution is 2.01. The summed E-state index contributed by atoms with van der Waals surface area (Å²) in [5, 5.41) is 15.7. The Morgan fingerprint density at radius 3 is 2.67 bits per heavy atom. The van der Waals surface area contributed by atoms with E-state index < -0.39 is 5.60 Å². The van der Waals surface area contributed by atoms with Crippen LogP contribution in [0.4, 0.5) is 0 Å². The Kier molecular flexibility index (Phi) is 8.91. The molecular weight excluding hydrogens is 234 g/mol. The molecule has 0 fully saturated rings. The Hall–Kier alpha value is -0.690. The molecule has 18 heavy (non-hydrogen) atoms. The lowest BCUT2D eigenvalue weighted by Gasteiger charge is -2.27. The molecule has 0 aliphatic carbocycles. The molecule has 0 saturated carbocycles. The number of likely N-dealkylation sites (N-methyl/N-ethyl adjacent to an activating group) is 1. The van der Waals surface area contributed by atoms with Crippen molar-refractivity contribution in [3.63, 3.8) is 0 Å². The highest BCUT2D eigenvalue weighted by atomic mass is 16.5. The summed E-state index contributed by atoms with van der Waals surface area (Å²) >= 11 is 0. The lowest BCUT2D eigenvalue weighted by atomic mass is 10.1. The topological polar surface area (TPSA) is 73.8 Å². The summed E-state index contributed by atoms with van der Waals surface area (Å²) < 4.78 is 4.88. The van der Waals surface area contributed by atoms with Gasteiger partial charge in [-0.2, -0.15) is 0 Å². The molecule has 0 radical (unpaired) electrons. The first-order valence-electron chi connectivity index (χ1n) is 6.21. The lowest BCUT2D eigenvalue weighted by molar-refractivity contribution is -0.120. The Bertz CT molecular complexity index is 233. The van der Waals surface area contributed by atoms with E-state index >= 15 is 0 Å². The molecule has 0 saturated heterocycles. The van der Waals surface area contributed by atoms with Crippen LogP contribution in [0.3, 0.4) is 0 Å². The van der Waals surface area contributed by atoms with Crippen LogP contribution in [0.2, 0.25) is 0 Å². The Morgan fingerprint density at radius 2 is 2.11 bits per heavy atom. The van der Waals surface area contributed by atoms with Crippen molar-refractivity contribution in [1.29, 1.82) is 0 Å². The highest BCUT2D eigenvalue weighted by Gasteiger charge is 2.20. The van der Waals surface area contributed by atoms with E-state index in [1.807, 2.05) is 19.0 Å². The van der Waals surface area contributed by atoms with Crippen LogP contribution in [0.5, 0.6) is 0 Å². The summed E-state index contributed by atoms with van der Waals surface area (Å²) in [5.41, 5.74) is -0.834. The van der Waals surface area contributed by atoms with Crippen molar-refractivity contribution in [3.8, 4) is 0 Å². The fraction of sp³-hybridized carbons (Fsp3) is 0.917. The number of aliphatic hydroxyl groups is 1. The van der Waals surface area contributed by atoms with Gasteiger partial charge in [-0.3, -0.25) is 4.79 Å². The van der Waals surface area contributed by atoms with Crippen LogP contribution in [0.1, 0.15) is 13.3 Å². The molecule has 1 unspecified atom stereocenters. The van der Waals surface area contributed by atoms with Crippen molar-refractivity contribution in [3.05, 3.63) is 0 Å². The third kappa shape index (κ3) is 10.5. The summed E-state index contributed by atoms with van der Waals surface area (Å²) in [7, 11) is 5.43. The summed E-state index contributed by atoms with van der Waals surface area (Å²) in [4.78, 5) is 13.3. The van der Waals surface area contributed by atoms with E-state index in [9.17, 15) is 9.90 Å². The molecule has 1 amide bonds. The molecule has 0 aromatic heterocycles. The lowest BCUT2D eigenvalue weighted by Crippen LogP contribution is -2.47. The zero-order valence-corrected chi connectivity index (χ0v) is 12.0. The van der Waals surface area contributed by atoms with Crippen LogP contribution in [0.25, 0.3) is 0 Å². The first-order chi connectivity index (χ1) is 8.37. The minimum Gasteiger partial charge on any atom is -0.388 e. The van der Waals surface area contributed by atoms with Gasteiger partial charge in [-0.1, -0.05) is 0 Å². The predicted octanol–water partition coefficient (Wildman–Crippen LogP) is -0.959. The molecule has 0 bridgehead atoms. The Morgan fingerprint density at radius 1 is 1.44 bits per heavy atom. The zero-order valence-electron chi connectivity index (χ0n) is 12.0. The molecule has 0 rings (SSSR count). The average molecular weight is 261 g/mol. The summed E-state index contributed by atoms with van der Waals surface area (Å²) in [6.07, 6.45) is 0.806. The third-order valence-electron chi connectivity index (χ3n) is 2.30. The van der Waals surface area contributed by atoms with E-state index in [1.165, 1.54) is 0 Å². The smallest absolute Gasteiger partial charge is 0.233 e. The quantitative estimate of drug-likeness (QED) is 0.442. The van der Waals surface area contributed by atoms with Crippen LogP contribution in [0.15, 0.2) is 0 Å². The number of methoxy groups -OCH3 is 1. The van der Waals surface area contributed by atoms with E-state index in [-0.39, 0.29) is 12.5 Å². The van der Waals surface area contributed by atoms with Gasteiger partial charge < -0.3 is 25.4 Å². The molecule has 0 heterocycles. The van der Waals surface area contributed by atoms with Gasteiger partial charge in [0.05, 0.1) is 12.1 Å². The molecule has 0 aliphatic rings. The number of amides is 1. The minimum absolute atomic E-state index is 0.0632. The SMILES string of the molecule is COCCCNC(=O)CNCC(C)(O)CN(C)C. The van der Waals surface area contributed by atoms with E-state index in [2.05, 4.69) is 10.6 Å². The van der Waals surface area contributed by atoms with Crippen LogP contribution < -0.4 is 10.6 Å². The number of ether oxygens (including phenoxy) is 1. The monoisotopic (exact) mass is 261 g/mol. The second-order valence-electron chi connectivity index (χ2n) is 5.03. The number of rotatable bonds is 10. The largest absolute Gasteiger partial charge is 0.388 e. The molecule has 0 aliphatic heterocycles. The van der Waals surface area contributed by atoms with Crippen molar-refractivity contribution < 1.29 is 14.6 Å². The van der Waals surface area contributed by atoms with Crippen LogP contribution >= 0.6 is 0 Å². The van der Waals surface area contributed by atoms with Crippen molar-refractivity contribution in [2.45, 2.75) is 18.9 Å². The molecule has 0 spiro atoms.